The lowest BCUT2D eigenvalue weighted by Crippen LogP contribution is -2.40. The van der Waals surface area contributed by atoms with Crippen LogP contribution in [-0.4, -0.2) is 47.4 Å². The van der Waals surface area contributed by atoms with E-state index in [2.05, 4.69) is 15.2 Å². The average molecular weight is 427 g/mol. The molecule has 31 heavy (non-hydrogen) atoms. The molecule has 2 aromatic rings. The third-order valence-electron chi connectivity index (χ3n) is 5.67. The van der Waals surface area contributed by atoms with Crippen LogP contribution in [0, 0.1) is 19.8 Å². The van der Waals surface area contributed by atoms with Gasteiger partial charge in [0, 0.05) is 24.5 Å². The van der Waals surface area contributed by atoms with E-state index in [4.69, 9.17) is 10.5 Å². The minimum atomic E-state index is -0.437. The van der Waals surface area contributed by atoms with Crippen molar-refractivity contribution in [3.63, 3.8) is 0 Å². The quantitative estimate of drug-likeness (QED) is 0.589. The Bertz CT molecular complexity index is 965. The molecule has 1 aliphatic heterocycles. The maximum absolute atomic E-state index is 12.7. The van der Waals surface area contributed by atoms with Crippen LogP contribution in [0.5, 0.6) is 0 Å². The smallest absolute Gasteiger partial charge is 0.340 e. The van der Waals surface area contributed by atoms with E-state index in [9.17, 15) is 14.4 Å². The first-order valence-corrected chi connectivity index (χ1v) is 10.6. The van der Waals surface area contributed by atoms with E-state index < -0.39 is 5.97 Å². The molecule has 0 saturated carbocycles. The van der Waals surface area contributed by atoms with Crippen molar-refractivity contribution in [3.8, 4) is 0 Å². The van der Waals surface area contributed by atoms with Gasteiger partial charge in [-0.15, -0.1) is 0 Å². The molecule has 1 aliphatic rings. The van der Waals surface area contributed by atoms with Crippen molar-refractivity contribution >= 4 is 23.5 Å². The number of anilines is 1. The summed E-state index contributed by atoms with van der Waals surface area (Å²) in [7, 11) is 0. The number of likely N-dealkylation sites (tertiary alicyclic amines) is 1. The number of nitrogens with zero attached hydrogens (tertiary/aromatic N) is 1. The fourth-order valence-electron chi connectivity index (χ4n) is 4.06. The molecule has 2 amide bonds. The number of piperidine rings is 1. The van der Waals surface area contributed by atoms with Crippen LogP contribution in [0.1, 0.15) is 57.4 Å². The maximum Gasteiger partial charge on any atom is 0.340 e. The highest BCUT2D eigenvalue weighted by molar-refractivity contribution is 6.06. The molecule has 2 heterocycles. The first-order chi connectivity index (χ1) is 14.8. The first kappa shape index (κ1) is 22.6. The lowest BCUT2D eigenvalue weighted by atomic mass is 9.97. The lowest BCUT2D eigenvalue weighted by molar-refractivity contribution is -0.123. The topological polar surface area (TPSA) is 118 Å². The summed E-state index contributed by atoms with van der Waals surface area (Å²) in [5, 5.41) is 2.87. The zero-order valence-electron chi connectivity index (χ0n) is 18.3. The number of rotatable bonds is 7. The zero-order chi connectivity index (χ0) is 22.5. The van der Waals surface area contributed by atoms with Gasteiger partial charge in [-0.3, -0.25) is 14.5 Å². The molecule has 166 valence electrons. The third kappa shape index (κ3) is 5.32. The summed E-state index contributed by atoms with van der Waals surface area (Å²) in [5.74, 6) is -1.07. The van der Waals surface area contributed by atoms with Crippen LogP contribution < -0.4 is 11.1 Å². The Morgan fingerprint density at radius 1 is 1.23 bits per heavy atom. The van der Waals surface area contributed by atoms with Crippen molar-refractivity contribution < 1.29 is 19.1 Å². The molecule has 1 aromatic heterocycles. The van der Waals surface area contributed by atoms with Crippen molar-refractivity contribution in [3.05, 3.63) is 52.3 Å². The molecule has 1 aromatic carbocycles. The standard InChI is InChI=1S/C23H30N4O4/c1-4-31-23(30)19-14(2)20(25-15(19)3)22(29)26-18-9-7-16(8-10-18)12-27-11-5-6-17(13-27)21(24)28/h7-10,17,25H,4-6,11-13H2,1-3H3,(H2,24,28)(H,26,29). The zero-order valence-corrected chi connectivity index (χ0v) is 18.3. The molecule has 0 spiro atoms. The number of hydrogen-bond donors (Lipinski definition) is 3. The molecule has 8 heteroatoms. The SMILES string of the molecule is CCOC(=O)c1c(C)[nH]c(C(=O)Nc2ccc(CN3CCCC(C(N)=O)C3)cc2)c1C. The second-order valence-corrected chi connectivity index (χ2v) is 7.97. The number of aromatic nitrogens is 1. The molecule has 0 radical (unpaired) electrons. The fraction of sp³-hybridized carbons (Fsp3) is 0.435. The van der Waals surface area contributed by atoms with Crippen LogP contribution in [0.3, 0.4) is 0 Å². The van der Waals surface area contributed by atoms with Crippen molar-refractivity contribution in [2.45, 2.75) is 40.2 Å². The number of carbonyl (C=O) groups excluding carboxylic acids is 3. The molecule has 0 aliphatic carbocycles. The van der Waals surface area contributed by atoms with E-state index >= 15 is 0 Å². The summed E-state index contributed by atoms with van der Waals surface area (Å²) in [6.45, 7) is 7.85. The largest absolute Gasteiger partial charge is 0.462 e. The highest BCUT2D eigenvalue weighted by Gasteiger charge is 2.24. The van der Waals surface area contributed by atoms with Crippen LogP contribution in [0.15, 0.2) is 24.3 Å². The third-order valence-corrected chi connectivity index (χ3v) is 5.67. The van der Waals surface area contributed by atoms with E-state index in [0.717, 1.165) is 31.5 Å². The molecular weight excluding hydrogens is 396 g/mol. The molecule has 1 atom stereocenters. The summed E-state index contributed by atoms with van der Waals surface area (Å²) in [5.41, 5.74) is 9.13. The Morgan fingerprint density at radius 3 is 2.58 bits per heavy atom. The van der Waals surface area contributed by atoms with Gasteiger partial charge in [0.25, 0.3) is 5.91 Å². The molecule has 3 rings (SSSR count). The molecule has 0 bridgehead atoms. The number of H-pyrrole nitrogens is 1. The summed E-state index contributed by atoms with van der Waals surface area (Å²) in [6.07, 6.45) is 1.82. The summed E-state index contributed by atoms with van der Waals surface area (Å²) >= 11 is 0. The van der Waals surface area contributed by atoms with E-state index in [1.807, 2.05) is 24.3 Å². The van der Waals surface area contributed by atoms with Crippen LogP contribution in [0.4, 0.5) is 5.69 Å². The number of aryl methyl sites for hydroxylation is 1. The number of hydrogen-bond acceptors (Lipinski definition) is 5. The van der Waals surface area contributed by atoms with Crippen molar-refractivity contribution in [1.29, 1.82) is 0 Å². The number of esters is 1. The van der Waals surface area contributed by atoms with Gasteiger partial charge in [-0.25, -0.2) is 4.79 Å². The molecule has 8 nitrogen and oxygen atoms in total. The second-order valence-electron chi connectivity index (χ2n) is 7.97. The normalized spacial score (nSPS) is 16.7. The minimum absolute atomic E-state index is 0.0840. The van der Waals surface area contributed by atoms with Crippen LogP contribution in [0.2, 0.25) is 0 Å². The molecular formula is C23H30N4O4. The Morgan fingerprint density at radius 2 is 1.94 bits per heavy atom. The predicted octanol–water partition coefficient (Wildman–Crippen LogP) is 2.76. The monoisotopic (exact) mass is 426 g/mol. The van der Waals surface area contributed by atoms with E-state index in [0.29, 0.717) is 34.7 Å². The lowest BCUT2D eigenvalue weighted by Gasteiger charge is -2.31. The predicted molar refractivity (Wildman–Crippen MR) is 118 cm³/mol. The second kappa shape index (κ2) is 9.78. The summed E-state index contributed by atoms with van der Waals surface area (Å²) in [4.78, 5) is 41.6. The summed E-state index contributed by atoms with van der Waals surface area (Å²) < 4.78 is 5.08. The molecule has 1 fully saturated rings. The van der Waals surface area contributed by atoms with Crippen molar-refractivity contribution in [1.82, 2.24) is 9.88 Å². The van der Waals surface area contributed by atoms with Crippen LogP contribution in [0.25, 0.3) is 0 Å². The van der Waals surface area contributed by atoms with Gasteiger partial charge in [0.05, 0.1) is 18.1 Å². The average Bonchev–Trinajstić information content (AvgIpc) is 3.04. The van der Waals surface area contributed by atoms with Gasteiger partial charge >= 0.3 is 5.97 Å². The highest BCUT2D eigenvalue weighted by atomic mass is 16.5. The van der Waals surface area contributed by atoms with E-state index in [1.165, 1.54) is 0 Å². The number of nitrogens with two attached hydrogens (primary N) is 1. The number of amides is 2. The number of benzene rings is 1. The Kier molecular flexibility index (Phi) is 7.12. The van der Waals surface area contributed by atoms with Gasteiger partial charge in [0.1, 0.15) is 5.69 Å². The van der Waals surface area contributed by atoms with E-state index in [1.54, 1.807) is 20.8 Å². The summed E-state index contributed by atoms with van der Waals surface area (Å²) in [6, 6.07) is 7.61. The van der Waals surface area contributed by atoms with Gasteiger partial charge in [0.2, 0.25) is 5.91 Å². The molecule has 4 N–H and O–H groups in total. The fourth-order valence-corrected chi connectivity index (χ4v) is 4.06. The highest BCUT2D eigenvalue weighted by Crippen LogP contribution is 2.22. The molecule has 1 unspecified atom stereocenters. The van der Waals surface area contributed by atoms with Gasteiger partial charge in [-0.1, -0.05) is 12.1 Å². The Hall–Kier alpha value is -3.13. The molecule has 1 saturated heterocycles. The number of primary amides is 1. The van der Waals surface area contributed by atoms with Crippen molar-refractivity contribution in [2.24, 2.45) is 11.7 Å². The Labute approximate surface area is 182 Å². The van der Waals surface area contributed by atoms with Crippen molar-refractivity contribution in [2.75, 3.05) is 25.0 Å². The maximum atomic E-state index is 12.7. The minimum Gasteiger partial charge on any atom is -0.462 e. The number of carbonyl (C=O) groups is 3. The van der Waals surface area contributed by atoms with Crippen LogP contribution >= 0.6 is 0 Å². The Balaban J connectivity index is 1.64. The number of nitrogens with one attached hydrogen (secondary N) is 2. The number of ether oxygens (including phenoxy) is 1. The van der Waals surface area contributed by atoms with Gasteiger partial charge in [-0.05, 0) is 63.4 Å². The van der Waals surface area contributed by atoms with Gasteiger partial charge < -0.3 is 20.8 Å². The first-order valence-electron chi connectivity index (χ1n) is 10.6. The van der Waals surface area contributed by atoms with Gasteiger partial charge in [0.15, 0.2) is 0 Å². The van der Waals surface area contributed by atoms with Gasteiger partial charge in [-0.2, -0.15) is 0 Å². The van der Waals surface area contributed by atoms with Crippen LogP contribution in [-0.2, 0) is 16.1 Å². The number of aromatic amines is 1. The van der Waals surface area contributed by atoms with E-state index in [-0.39, 0.29) is 24.3 Å².